The molecule has 0 fully saturated rings. The highest BCUT2D eigenvalue weighted by molar-refractivity contribution is 6.30. The van der Waals surface area contributed by atoms with Gasteiger partial charge in [-0.05, 0) is 23.8 Å². The first kappa shape index (κ1) is 13.3. The Labute approximate surface area is 117 Å². The lowest BCUT2D eigenvalue weighted by Gasteiger charge is -2.09. The van der Waals surface area contributed by atoms with Gasteiger partial charge in [0.05, 0.1) is 5.69 Å². The highest BCUT2D eigenvalue weighted by Crippen LogP contribution is 2.23. The number of benzene rings is 1. The molecule has 0 aliphatic carbocycles. The number of nitriles is 1. The summed E-state index contributed by atoms with van der Waals surface area (Å²) in [5, 5.41) is 9.80. The van der Waals surface area contributed by atoms with E-state index in [1.54, 1.807) is 12.1 Å². The normalized spacial score (nSPS) is 10.1. The summed E-state index contributed by atoms with van der Waals surface area (Å²) in [4.78, 5) is 0. The van der Waals surface area contributed by atoms with Crippen LogP contribution in [0.5, 0.6) is 0 Å². The minimum absolute atomic E-state index is 0.550. The van der Waals surface area contributed by atoms with Gasteiger partial charge in [-0.2, -0.15) is 5.26 Å². The molecular weight excluding hydrogens is 258 g/mol. The summed E-state index contributed by atoms with van der Waals surface area (Å²) < 4.78 is 1.88. The van der Waals surface area contributed by atoms with E-state index in [9.17, 15) is 0 Å². The van der Waals surface area contributed by atoms with Gasteiger partial charge in [0, 0.05) is 23.7 Å². The molecule has 3 nitrogen and oxygen atoms in total. The van der Waals surface area contributed by atoms with Gasteiger partial charge < -0.3 is 10.3 Å². The van der Waals surface area contributed by atoms with Gasteiger partial charge in [-0.3, -0.25) is 0 Å². The number of nitrogens with two attached hydrogens (primary N) is 1. The van der Waals surface area contributed by atoms with Crippen LogP contribution in [0.3, 0.4) is 0 Å². The lowest BCUT2D eigenvalue weighted by Crippen LogP contribution is -2.06. The number of nitrogens with zero attached hydrogens (tertiary/aromatic N) is 2. The number of nitrogen functional groups attached to an aromatic ring is 1. The minimum atomic E-state index is 0.550. The predicted molar refractivity (Wildman–Crippen MR) is 78.0 cm³/mol. The van der Waals surface area contributed by atoms with Crippen LogP contribution in [-0.2, 0) is 13.0 Å². The number of allylic oxidation sites excluding steroid dienone is 1. The standard InChI is InChI=1S/C15H14ClN3/c1-2-6-19-13(10-17)9-14(18)15(19)8-11-4-3-5-12(16)7-11/h2-5,7,9H,1,6,8,18H2. The number of aromatic nitrogens is 1. The summed E-state index contributed by atoms with van der Waals surface area (Å²) in [5.41, 5.74) is 9.15. The van der Waals surface area contributed by atoms with E-state index in [0.29, 0.717) is 29.4 Å². The van der Waals surface area contributed by atoms with Gasteiger partial charge in [0.25, 0.3) is 0 Å². The fraction of sp³-hybridized carbons (Fsp3) is 0.133. The Kier molecular flexibility index (Phi) is 3.94. The predicted octanol–water partition coefficient (Wildman–Crippen LogP) is 3.37. The SMILES string of the molecule is C=CCn1c(C#N)cc(N)c1Cc1cccc(Cl)c1. The highest BCUT2D eigenvalue weighted by atomic mass is 35.5. The van der Waals surface area contributed by atoms with Crippen molar-refractivity contribution < 1.29 is 0 Å². The molecule has 2 rings (SSSR count). The number of anilines is 1. The third-order valence-corrected chi connectivity index (χ3v) is 3.16. The Morgan fingerprint density at radius 3 is 2.84 bits per heavy atom. The second-order valence-electron chi connectivity index (χ2n) is 4.25. The molecule has 0 atom stereocenters. The maximum Gasteiger partial charge on any atom is 0.122 e. The topological polar surface area (TPSA) is 54.7 Å². The molecule has 0 spiro atoms. The summed E-state index contributed by atoms with van der Waals surface area (Å²) in [6, 6.07) is 11.5. The lowest BCUT2D eigenvalue weighted by atomic mass is 10.1. The molecule has 0 bridgehead atoms. The van der Waals surface area contributed by atoms with Crippen molar-refractivity contribution in [1.82, 2.24) is 4.57 Å². The largest absolute Gasteiger partial charge is 0.397 e. The lowest BCUT2D eigenvalue weighted by molar-refractivity contribution is 0.768. The first-order valence-corrected chi connectivity index (χ1v) is 6.26. The molecule has 0 radical (unpaired) electrons. The smallest absolute Gasteiger partial charge is 0.122 e. The van der Waals surface area contributed by atoms with Crippen molar-refractivity contribution in [2.45, 2.75) is 13.0 Å². The Hall–Kier alpha value is -2.18. The molecule has 0 saturated carbocycles. The van der Waals surface area contributed by atoms with Crippen LogP contribution in [0.15, 0.2) is 43.0 Å². The van der Waals surface area contributed by atoms with Crippen LogP contribution in [0, 0.1) is 11.3 Å². The van der Waals surface area contributed by atoms with Gasteiger partial charge >= 0.3 is 0 Å². The molecular formula is C15H14ClN3. The fourth-order valence-corrected chi connectivity index (χ4v) is 2.29. The Balaban J connectivity index is 2.42. The molecule has 19 heavy (non-hydrogen) atoms. The van der Waals surface area contributed by atoms with Crippen LogP contribution in [0.4, 0.5) is 5.69 Å². The quantitative estimate of drug-likeness (QED) is 0.867. The molecule has 0 saturated heterocycles. The third-order valence-electron chi connectivity index (χ3n) is 2.93. The molecule has 1 aromatic carbocycles. The summed E-state index contributed by atoms with van der Waals surface area (Å²) in [6.45, 7) is 4.28. The number of hydrogen-bond acceptors (Lipinski definition) is 2. The second kappa shape index (κ2) is 5.64. The van der Waals surface area contributed by atoms with Crippen LogP contribution in [0.1, 0.15) is 17.0 Å². The van der Waals surface area contributed by atoms with E-state index >= 15 is 0 Å². The molecule has 2 N–H and O–H groups in total. The monoisotopic (exact) mass is 271 g/mol. The van der Waals surface area contributed by atoms with Crippen LogP contribution in [0.25, 0.3) is 0 Å². The second-order valence-corrected chi connectivity index (χ2v) is 4.69. The zero-order valence-corrected chi connectivity index (χ0v) is 11.2. The average molecular weight is 272 g/mol. The van der Waals surface area contributed by atoms with Gasteiger partial charge in [-0.25, -0.2) is 0 Å². The van der Waals surface area contributed by atoms with Crippen LogP contribution in [0.2, 0.25) is 5.02 Å². The average Bonchev–Trinajstić information content (AvgIpc) is 2.67. The first-order valence-electron chi connectivity index (χ1n) is 5.89. The molecule has 1 heterocycles. The summed E-state index contributed by atoms with van der Waals surface area (Å²) in [5.74, 6) is 0. The Morgan fingerprint density at radius 2 is 2.21 bits per heavy atom. The minimum Gasteiger partial charge on any atom is -0.397 e. The highest BCUT2D eigenvalue weighted by Gasteiger charge is 2.12. The van der Waals surface area contributed by atoms with E-state index in [1.165, 1.54) is 0 Å². The fourth-order valence-electron chi connectivity index (χ4n) is 2.08. The van der Waals surface area contributed by atoms with Gasteiger partial charge in [-0.15, -0.1) is 6.58 Å². The van der Waals surface area contributed by atoms with E-state index in [1.807, 2.05) is 28.8 Å². The zero-order valence-electron chi connectivity index (χ0n) is 10.4. The number of hydrogen-bond donors (Lipinski definition) is 1. The molecule has 1 aromatic heterocycles. The summed E-state index contributed by atoms with van der Waals surface area (Å²) in [6.07, 6.45) is 2.39. The third kappa shape index (κ3) is 2.81. The van der Waals surface area contributed by atoms with Crippen molar-refractivity contribution in [3.05, 3.63) is 65.0 Å². The van der Waals surface area contributed by atoms with Gasteiger partial charge in [0.1, 0.15) is 11.8 Å². The van der Waals surface area contributed by atoms with Crippen molar-refractivity contribution >= 4 is 17.3 Å². The summed E-state index contributed by atoms with van der Waals surface area (Å²) in [7, 11) is 0. The van der Waals surface area contributed by atoms with Crippen LogP contribution >= 0.6 is 11.6 Å². The van der Waals surface area contributed by atoms with E-state index < -0.39 is 0 Å². The molecule has 0 amide bonds. The van der Waals surface area contributed by atoms with E-state index in [2.05, 4.69) is 12.6 Å². The van der Waals surface area contributed by atoms with Crippen LogP contribution < -0.4 is 5.73 Å². The van der Waals surface area contributed by atoms with E-state index in [-0.39, 0.29) is 0 Å². The summed E-state index contributed by atoms with van der Waals surface area (Å²) >= 11 is 5.98. The Morgan fingerprint density at radius 1 is 1.42 bits per heavy atom. The van der Waals surface area contributed by atoms with Gasteiger partial charge in [-0.1, -0.05) is 29.8 Å². The van der Waals surface area contributed by atoms with E-state index in [4.69, 9.17) is 22.6 Å². The maximum atomic E-state index is 9.11. The van der Waals surface area contributed by atoms with Crippen molar-refractivity contribution in [3.8, 4) is 6.07 Å². The van der Waals surface area contributed by atoms with E-state index in [0.717, 1.165) is 11.3 Å². The number of halogens is 1. The van der Waals surface area contributed by atoms with Crippen LogP contribution in [-0.4, -0.2) is 4.57 Å². The molecule has 96 valence electrons. The van der Waals surface area contributed by atoms with Crippen molar-refractivity contribution in [3.63, 3.8) is 0 Å². The molecule has 0 aliphatic rings. The van der Waals surface area contributed by atoms with Gasteiger partial charge in [0.2, 0.25) is 0 Å². The van der Waals surface area contributed by atoms with Crippen molar-refractivity contribution in [2.24, 2.45) is 0 Å². The molecule has 2 aromatic rings. The molecule has 0 aliphatic heterocycles. The molecule has 0 unspecified atom stereocenters. The zero-order chi connectivity index (χ0) is 13.8. The maximum absolute atomic E-state index is 9.11. The molecule has 4 heteroatoms. The van der Waals surface area contributed by atoms with Crippen molar-refractivity contribution in [2.75, 3.05) is 5.73 Å². The van der Waals surface area contributed by atoms with Crippen molar-refractivity contribution in [1.29, 1.82) is 5.26 Å². The Bertz CT molecular complexity index is 650. The first-order chi connectivity index (χ1) is 9.15. The number of rotatable bonds is 4. The van der Waals surface area contributed by atoms with Gasteiger partial charge in [0.15, 0.2) is 0 Å².